The number of halogens is 1. The van der Waals surface area contributed by atoms with Gasteiger partial charge in [-0.25, -0.2) is 0 Å². The number of aryl methyl sites for hydroxylation is 1. The molecule has 0 fully saturated rings. The molecule has 7 nitrogen and oxygen atoms in total. The normalized spacial score (nSPS) is 11.0. The van der Waals surface area contributed by atoms with E-state index in [0.717, 1.165) is 22.3 Å². The summed E-state index contributed by atoms with van der Waals surface area (Å²) in [5.74, 6) is 0.715. The van der Waals surface area contributed by atoms with Crippen LogP contribution < -0.4 is 10.9 Å². The number of hydrogen-bond acceptors (Lipinski definition) is 5. The van der Waals surface area contributed by atoms with E-state index in [9.17, 15) is 4.79 Å². The van der Waals surface area contributed by atoms with Crippen LogP contribution in [-0.2, 0) is 6.54 Å². The fraction of sp³-hybridized carbons (Fsp3) is 0.111. The lowest BCUT2D eigenvalue weighted by atomic mass is 10.1. The summed E-state index contributed by atoms with van der Waals surface area (Å²) in [6.45, 7) is 2.24. The van der Waals surface area contributed by atoms with Crippen molar-refractivity contribution < 1.29 is 0 Å². The van der Waals surface area contributed by atoms with E-state index >= 15 is 0 Å². The van der Waals surface area contributed by atoms with Crippen LogP contribution >= 0.6 is 11.6 Å². The van der Waals surface area contributed by atoms with Crippen LogP contribution in [0.25, 0.3) is 16.6 Å². The first-order valence-corrected chi connectivity index (χ1v) is 8.39. The van der Waals surface area contributed by atoms with Gasteiger partial charge in [0.25, 0.3) is 5.56 Å². The van der Waals surface area contributed by atoms with E-state index in [2.05, 4.69) is 25.8 Å². The summed E-state index contributed by atoms with van der Waals surface area (Å²) in [5.41, 5.74) is 3.05. The number of fused-ring (bicyclic) bond motifs is 1. The molecule has 0 unspecified atom stereocenters. The number of tetrazole rings is 1. The number of aromatic amines is 1. The topological polar surface area (TPSA) is 88.5 Å². The summed E-state index contributed by atoms with van der Waals surface area (Å²) in [7, 11) is 0. The Kier molecular flexibility index (Phi) is 4.14. The lowest BCUT2D eigenvalue weighted by Crippen LogP contribution is -2.15. The van der Waals surface area contributed by atoms with Gasteiger partial charge in [-0.2, -0.15) is 4.68 Å². The van der Waals surface area contributed by atoms with E-state index < -0.39 is 0 Å². The van der Waals surface area contributed by atoms with Gasteiger partial charge in [0, 0.05) is 33.7 Å². The van der Waals surface area contributed by atoms with Crippen LogP contribution in [0.1, 0.15) is 11.4 Å². The predicted octanol–water partition coefficient (Wildman–Crippen LogP) is 3.08. The molecular weight excluding hydrogens is 352 g/mol. The van der Waals surface area contributed by atoms with Crippen molar-refractivity contribution in [1.82, 2.24) is 25.2 Å². The predicted molar refractivity (Wildman–Crippen MR) is 101 cm³/mol. The van der Waals surface area contributed by atoms with Crippen LogP contribution in [0.5, 0.6) is 0 Å². The highest BCUT2D eigenvalue weighted by molar-refractivity contribution is 6.31. The maximum absolute atomic E-state index is 12.2. The molecule has 0 saturated carbocycles. The molecule has 2 N–H and O–H groups in total. The van der Waals surface area contributed by atoms with E-state index in [1.165, 1.54) is 0 Å². The molecule has 4 rings (SSSR count). The minimum Gasteiger partial charge on any atom is -0.381 e. The van der Waals surface area contributed by atoms with Gasteiger partial charge in [-0.1, -0.05) is 11.6 Å². The van der Waals surface area contributed by atoms with E-state index in [1.807, 2.05) is 43.3 Å². The fourth-order valence-corrected chi connectivity index (χ4v) is 2.92. The molecule has 0 amide bonds. The second kappa shape index (κ2) is 6.61. The van der Waals surface area contributed by atoms with Crippen LogP contribution in [0.4, 0.5) is 5.69 Å². The molecule has 130 valence electrons. The fourth-order valence-electron chi connectivity index (χ4n) is 2.74. The largest absolute Gasteiger partial charge is 0.381 e. The first-order chi connectivity index (χ1) is 12.6. The van der Waals surface area contributed by atoms with Crippen molar-refractivity contribution in [3.63, 3.8) is 0 Å². The molecule has 0 aliphatic rings. The van der Waals surface area contributed by atoms with Gasteiger partial charge < -0.3 is 10.3 Å². The van der Waals surface area contributed by atoms with E-state index in [0.29, 0.717) is 23.0 Å². The number of H-pyrrole nitrogens is 1. The zero-order chi connectivity index (χ0) is 18.1. The summed E-state index contributed by atoms with van der Waals surface area (Å²) in [6.07, 6.45) is 0. The minimum atomic E-state index is -0.117. The van der Waals surface area contributed by atoms with Gasteiger partial charge >= 0.3 is 0 Å². The van der Waals surface area contributed by atoms with Crippen molar-refractivity contribution >= 4 is 28.2 Å². The molecule has 26 heavy (non-hydrogen) atoms. The lowest BCUT2D eigenvalue weighted by Gasteiger charge is -2.08. The summed E-state index contributed by atoms with van der Waals surface area (Å²) in [6, 6.07) is 14.9. The Balaban J connectivity index is 1.54. The average molecular weight is 367 g/mol. The van der Waals surface area contributed by atoms with Gasteiger partial charge in [0.1, 0.15) is 0 Å². The van der Waals surface area contributed by atoms with Crippen LogP contribution in [0, 0.1) is 6.92 Å². The molecular formula is C18H15ClN6O. The summed E-state index contributed by atoms with van der Waals surface area (Å²) >= 11 is 6.03. The van der Waals surface area contributed by atoms with Gasteiger partial charge in [0.2, 0.25) is 0 Å². The van der Waals surface area contributed by atoms with Crippen LogP contribution in [-0.4, -0.2) is 25.2 Å². The quantitative estimate of drug-likeness (QED) is 0.579. The third-order valence-corrected chi connectivity index (χ3v) is 4.34. The van der Waals surface area contributed by atoms with Crippen LogP contribution in [0.3, 0.4) is 0 Å². The smallest absolute Gasteiger partial charge is 0.253 e. The van der Waals surface area contributed by atoms with Gasteiger partial charge in [-0.15, -0.1) is 5.10 Å². The highest BCUT2D eigenvalue weighted by Crippen LogP contribution is 2.18. The Morgan fingerprint density at radius 3 is 2.69 bits per heavy atom. The Morgan fingerprint density at radius 1 is 1.15 bits per heavy atom. The number of pyridine rings is 1. The van der Waals surface area contributed by atoms with Crippen molar-refractivity contribution in [3.05, 3.63) is 75.3 Å². The molecule has 0 aliphatic carbocycles. The number of benzene rings is 2. The first kappa shape index (κ1) is 16.3. The molecule has 0 aliphatic heterocycles. The Morgan fingerprint density at radius 2 is 1.96 bits per heavy atom. The second-order valence-electron chi connectivity index (χ2n) is 5.89. The van der Waals surface area contributed by atoms with Gasteiger partial charge in [0.05, 0.1) is 5.69 Å². The monoisotopic (exact) mass is 366 g/mol. The van der Waals surface area contributed by atoms with Crippen LogP contribution in [0.15, 0.2) is 53.3 Å². The highest BCUT2D eigenvalue weighted by Gasteiger charge is 2.05. The van der Waals surface area contributed by atoms with Gasteiger partial charge in [-0.3, -0.25) is 4.79 Å². The van der Waals surface area contributed by atoms with Gasteiger partial charge in [-0.05, 0) is 65.9 Å². The maximum Gasteiger partial charge on any atom is 0.253 e. The van der Waals surface area contributed by atoms with E-state index in [-0.39, 0.29) is 5.56 Å². The van der Waals surface area contributed by atoms with Crippen LogP contribution in [0.2, 0.25) is 5.02 Å². The number of nitrogens with zero attached hydrogens (tertiary/aromatic N) is 4. The molecule has 0 saturated heterocycles. The SMILES string of the molecule is Cc1nnnn1-c1ccc(NCc2cc3cc(Cl)ccc3[nH]c2=O)cc1. The molecule has 4 aromatic rings. The summed E-state index contributed by atoms with van der Waals surface area (Å²) in [5, 5.41) is 16.2. The minimum absolute atomic E-state index is 0.117. The van der Waals surface area contributed by atoms with Crippen molar-refractivity contribution in [1.29, 1.82) is 0 Å². The maximum atomic E-state index is 12.2. The molecule has 2 heterocycles. The summed E-state index contributed by atoms with van der Waals surface area (Å²) < 4.78 is 1.65. The molecule has 2 aromatic heterocycles. The number of anilines is 1. The van der Waals surface area contributed by atoms with Crippen molar-refractivity contribution in [2.45, 2.75) is 13.5 Å². The number of rotatable bonds is 4. The van der Waals surface area contributed by atoms with E-state index in [4.69, 9.17) is 11.6 Å². The zero-order valence-electron chi connectivity index (χ0n) is 13.9. The molecule has 8 heteroatoms. The number of nitrogens with one attached hydrogen (secondary N) is 2. The van der Waals surface area contributed by atoms with Crippen molar-refractivity contribution in [3.8, 4) is 5.69 Å². The zero-order valence-corrected chi connectivity index (χ0v) is 14.7. The first-order valence-electron chi connectivity index (χ1n) is 8.01. The number of aromatic nitrogens is 5. The third kappa shape index (κ3) is 3.16. The van der Waals surface area contributed by atoms with Crippen molar-refractivity contribution in [2.24, 2.45) is 0 Å². The summed E-state index contributed by atoms with van der Waals surface area (Å²) in [4.78, 5) is 15.1. The van der Waals surface area contributed by atoms with Crippen molar-refractivity contribution in [2.75, 3.05) is 5.32 Å². The third-order valence-electron chi connectivity index (χ3n) is 4.10. The van der Waals surface area contributed by atoms with E-state index in [1.54, 1.807) is 16.8 Å². The average Bonchev–Trinajstić information content (AvgIpc) is 3.07. The molecule has 2 aromatic carbocycles. The Labute approximate surface area is 153 Å². The molecule has 0 radical (unpaired) electrons. The standard InChI is InChI=1S/C18H15ClN6O/c1-11-22-23-24-25(11)16-5-3-15(4-6-16)20-10-13-8-12-9-14(19)2-7-17(12)21-18(13)26/h2-9,20H,10H2,1H3,(H,21,26). The highest BCUT2D eigenvalue weighted by atomic mass is 35.5. The second-order valence-corrected chi connectivity index (χ2v) is 6.33. The molecule has 0 bridgehead atoms. The Hall–Kier alpha value is -3.19. The van der Waals surface area contributed by atoms with Gasteiger partial charge in [0.15, 0.2) is 5.82 Å². The molecule has 0 atom stereocenters. The molecule has 0 spiro atoms. The lowest BCUT2D eigenvalue weighted by molar-refractivity contribution is 0.779. The Bertz CT molecular complexity index is 1130. The number of hydrogen-bond donors (Lipinski definition) is 2.